The molecule has 2 aliphatic rings. The van der Waals surface area contributed by atoms with Crippen LogP contribution in [0.4, 0.5) is 0 Å². The second kappa shape index (κ2) is 10.8. The molecule has 0 aliphatic carbocycles. The molecule has 2 aliphatic heterocycles. The van der Waals surface area contributed by atoms with E-state index >= 15 is 0 Å². The van der Waals surface area contributed by atoms with Gasteiger partial charge in [0.25, 0.3) is 0 Å². The van der Waals surface area contributed by atoms with Crippen LogP contribution in [0.1, 0.15) is 37.3 Å². The minimum absolute atomic E-state index is 0. The average Bonchev–Trinajstić information content (AvgIpc) is 3.16. The van der Waals surface area contributed by atoms with Gasteiger partial charge in [-0.3, -0.25) is 9.69 Å². The first kappa shape index (κ1) is 20.2. The highest BCUT2D eigenvalue weighted by Crippen LogP contribution is 2.24. The maximum absolute atomic E-state index is 12.2. The minimum atomic E-state index is -0.00587. The number of ether oxygens (including phenoxy) is 1. The van der Waals surface area contributed by atoms with Crippen LogP contribution in [0, 0.1) is 0 Å². The van der Waals surface area contributed by atoms with E-state index < -0.39 is 0 Å². The van der Waals surface area contributed by atoms with E-state index in [1.165, 1.54) is 18.4 Å². The molecule has 1 aromatic carbocycles. The highest BCUT2D eigenvalue weighted by molar-refractivity contribution is 5.85. The fourth-order valence-electron chi connectivity index (χ4n) is 3.60. The lowest BCUT2D eigenvalue weighted by molar-refractivity contribution is -0.128. The van der Waals surface area contributed by atoms with Crippen molar-refractivity contribution in [3.05, 3.63) is 35.9 Å². The van der Waals surface area contributed by atoms with Crippen molar-refractivity contribution in [3.63, 3.8) is 0 Å². The Kier molecular flexibility index (Phi) is 8.68. The first-order chi connectivity index (χ1) is 11.8. The van der Waals surface area contributed by atoms with Gasteiger partial charge >= 0.3 is 0 Å². The van der Waals surface area contributed by atoms with Crippen LogP contribution in [0.2, 0.25) is 0 Å². The van der Waals surface area contributed by atoms with Crippen LogP contribution in [0.5, 0.6) is 0 Å². The van der Waals surface area contributed by atoms with E-state index in [4.69, 9.17) is 4.74 Å². The molecular formula is C19H30ClN3O2. The van der Waals surface area contributed by atoms with Crippen molar-refractivity contribution in [1.29, 1.82) is 0 Å². The molecule has 3 rings (SSSR count). The van der Waals surface area contributed by atoms with Crippen LogP contribution in [0.25, 0.3) is 0 Å². The van der Waals surface area contributed by atoms with Gasteiger partial charge < -0.3 is 15.4 Å². The van der Waals surface area contributed by atoms with Gasteiger partial charge in [0, 0.05) is 6.54 Å². The molecule has 1 unspecified atom stereocenters. The molecule has 25 heavy (non-hydrogen) atoms. The largest absolute Gasteiger partial charge is 0.368 e. The van der Waals surface area contributed by atoms with E-state index in [1.807, 2.05) is 6.07 Å². The highest BCUT2D eigenvalue weighted by Gasteiger charge is 2.24. The molecule has 2 saturated heterocycles. The molecule has 6 heteroatoms. The number of hydrogen-bond acceptors (Lipinski definition) is 4. The zero-order chi connectivity index (χ0) is 16.6. The Labute approximate surface area is 156 Å². The zero-order valence-electron chi connectivity index (χ0n) is 14.8. The lowest BCUT2D eigenvalue weighted by atomic mass is 10.1. The van der Waals surface area contributed by atoms with E-state index in [9.17, 15) is 4.79 Å². The number of benzene rings is 1. The maximum atomic E-state index is 12.2. The summed E-state index contributed by atoms with van der Waals surface area (Å²) in [6, 6.07) is 10.7. The number of carbonyl (C=O) groups excluding carboxylic acids is 1. The summed E-state index contributed by atoms with van der Waals surface area (Å²) in [5.41, 5.74) is 1.28. The third-order valence-electron chi connectivity index (χ3n) is 4.99. The second-order valence-electron chi connectivity index (χ2n) is 6.73. The van der Waals surface area contributed by atoms with Gasteiger partial charge in [-0.15, -0.1) is 12.4 Å². The van der Waals surface area contributed by atoms with Crippen molar-refractivity contribution in [2.45, 2.75) is 37.8 Å². The monoisotopic (exact) mass is 367 g/mol. The number of amides is 1. The summed E-state index contributed by atoms with van der Waals surface area (Å²) < 4.78 is 5.74. The smallest absolute Gasteiger partial charge is 0.246 e. The third-order valence-corrected chi connectivity index (χ3v) is 4.99. The molecular weight excluding hydrogens is 338 g/mol. The van der Waals surface area contributed by atoms with E-state index in [1.54, 1.807) is 0 Å². The Balaban J connectivity index is 0.00000225. The van der Waals surface area contributed by atoms with Crippen LogP contribution < -0.4 is 10.6 Å². The normalized spacial score (nSPS) is 20.0. The molecule has 0 aromatic heterocycles. The van der Waals surface area contributed by atoms with Gasteiger partial charge in [0.1, 0.15) is 6.61 Å². The highest BCUT2D eigenvalue weighted by atomic mass is 35.5. The minimum Gasteiger partial charge on any atom is -0.368 e. The molecule has 5 nitrogen and oxygen atoms in total. The molecule has 1 atom stereocenters. The van der Waals surface area contributed by atoms with Crippen LogP contribution >= 0.6 is 12.4 Å². The van der Waals surface area contributed by atoms with Crippen molar-refractivity contribution in [1.82, 2.24) is 15.5 Å². The molecule has 1 amide bonds. The van der Waals surface area contributed by atoms with Crippen LogP contribution in [0.3, 0.4) is 0 Å². The summed E-state index contributed by atoms with van der Waals surface area (Å²) in [6.45, 7) is 5.02. The Morgan fingerprint density at radius 3 is 2.56 bits per heavy atom. The summed E-state index contributed by atoms with van der Waals surface area (Å²) in [6.07, 6.45) is 4.70. The van der Waals surface area contributed by atoms with E-state index in [-0.39, 0.29) is 37.1 Å². The summed E-state index contributed by atoms with van der Waals surface area (Å²) >= 11 is 0. The molecule has 2 heterocycles. The zero-order valence-corrected chi connectivity index (χ0v) is 15.6. The summed E-state index contributed by atoms with van der Waals surface area (Å²) in [7, 11) is 0. The Bertz CT molecular complexity index is 503. The number of likely N-dealkylation sites (tertiary alicyclic amines) is 1. The number of nitrogens with zero attached hydrogens (tertiary/aromatic N) is 1. The van der Waals surface area contributed by atoms with Gasteiger partial charge in [-0.1, -0.05) is 30.3 Å². The fourth-order valence-corrected chi connectivity index (χ4v) is 3.60. The molecule has 0 saturated carbocycles. The maximum Gasteiger partial charge on any atom is 0.246 e. The van der Waals surface area contributed by atoms with Crippen LogP contribution in [0.15, 0.2) is 30.3 Å². The predicted molar refractivity (Wildman–Crippen MR) is 102 cm³/mol. The predicted octanol–water partition coefficient (Wildman–Crippen LogP) is 2.13. The topological polar surface area (TPSA) is 53.6 Å². The van der Waals surface area contributed by atoms with Gasteiger partial charge in [0.15, 0.2) is 0 Å². The number of hydrogen-bond donors (Lipinski definition) is 2. The number of halogens is 1. The van der Waals surface area contributed by atoms with Crippen molar-refractivity contribution in [2.75, 3.05) is 39.3 Å². The molecule has 140 valence electrons. The average molecular weight is 368 g/mol. The van der Waals surface area contributed by atoms with Crippen LogP contribution in [-0.2, 0) is 9.53 Å². The lowest BCUT2D eigenvalue weighted by Crippen LogP contribution is -2.39. The lowest BCUT2D eigenvalue weighted by Gasteiger charge is -2.28. The molecule has 1 aromatic rings. The molecule has 0 radical (unpaired) electrons. The SMILES string of the molecule is Cl.O=C(COC1CCNCC1)NCC(c1ccccc1)N1CCCC1. The number of piperidine rings is 1. The van der Waals surface area contributed by atoms with Crippen molar-refractivity contribution in [2.24, 2.45) is 0 Å². The summed E-state index contributed by atoms with van der Waals surface area (Å²) in [5.74, 6) is -0.00587. The molecule has 0 bridgehead atoms. The van der Waals surface area contributed by atoms with Gasteiger partial charge in [-0.2, -0.15) is 0 Å². The Hall–Kier alpha value is -1.14. The number of carbonyl (C=O) groups is 1. The summed E-state index contributed by atoms with van der Waals surface area (Å²) in [5, 5.41) is 6.38. The van der Waals surface area contributed by atoms with E-state index in [0.29, 0.717) is 6.54 Å². The Morgan fingerprint density at radius 2 is 1.88 bits per heavy atom. The van der Waals surface area contributed by atoms with Gasteiger partial charge in [-0.25, -0.2) is 0 Å². The van der Waals surface area contributed by atoms with E-state index in [2.05, 4.69) is 39.8 Å². The Morgan fingerprint density at radius 1 is 1.20 bits per heavy atom. The van der Waals surface area contributed by atoms with Gasteiger partial charge in [0.2, 0.25) is 5.91 Å². The number of nitrogens with one attached hydrogen (secondary N) is 2. The molecule has 0 spiro atoms. The molecule has 2 N–H and O–H groups in total. The van der Waals surface area contributed by atoms with Gasteiger partial charge in [-0.05, 0) is 57.4 Å². The standard InChI is InChI=1S/C19H29N3O2.ClH/c23-19(15-24-17-8-10-20-11-9-17)21-14-18(22-12-4-5-13-22)16-6-2-1-3-7-16;/h1-3,6-7,17-18,20H,4-5,8-15H2,(H,21,23);1H. The first-order valence-corrected chi connectivity index (χ1v) is 9.21. The van der Waals surface area contributed by atoms with Crippen molar-refractivity contribution >= 4 is 18.3 Å². The van der Waals surface area contributed by atoms with Crippen molar-refractivity contribution < 1.29 is 9.53 Å². The third kappa shape index (κ3) is 6.26. The van der Waals surface area contributed by atoms with Gasteiger partial charge in [0.05, 0.1) is 12.1 Å². The summed E-state index contributed by atoms with van der Waals surface area (Å²) in [4.78, 5) is 14.6. The fraction of sp³-hybridized carbons (Fsp3) is 0.632. The molecule has 2 fully saturated rings. The quantitative estimate of drug-likeness (QED) is 0.775. The van der Waals surface area contributed by atoms with Crippen molar-refractivity contribution in [3.8, 4) is 0 Å². The van der Waals surface area contributed by atoms with E-state index in [0.717, 1.165) is 39.0 Å². The van der Waals surface area contributed by atoms with Crippen LogP contribution in [-0.4, -0.2) is 56.2 Å². The second-order valence-corrected chi connectivity index (χ2v) is 6.73. The first-order valence-electron chi connectivity index (χ1n) is 9.21. The number of rotatable bonds is 7.